The van der Waals surface area contributed by atoms with E-state index in [-0.39, 0.29) is 24.8 Å². The molecule has 1 rings (SSSR count). The third kappa shape index (κ3) is 6.25. The lowest BCUT2D eigenvalue weighted by atomic mass is 10.1. The van der Waals surface area contributed by atoms with Gasteiger partial charge >= 0.3 is 5.97 Å². The van der Waals surface area contributed by atoms with Gasteiger partial charge in [0.05, 0.1) is 0 Å². The van der Waals surface area contributed by atoms with Crippen LogP contribution >= 0.6 is 11.6 Å². The standard InChI is InChI=1S/C14H18ClNO3/c1-10(9-11-5-2-3-6-12(11)15)16-13(17)7-4-8-14(18)19/h2-3,5-6,10H,4,7-9H2,1H3,(H,16,17)(H,18,19). The summed E-state index contributed by atoms with van der Waals surface area (Å²) in [6.07, 6.45) is 1.27. The second-order valence-corrected chi connectivity index (χ2v) is 4.92. The third-order valence-corrected chi connectivity index (χ3v) is 3.05. The summed E-state index contributed by atoms with van der Waals surface area (Å²) in [6.45, 7) is 1.90. The van der Waals surface area contributed by atoms with Gasteiger partial charge < -0.3 is 10.4 Å². The average Bonchev–Trinajstić information content (AvgIpc) is 2.31. The number of halogens is 1. The molecule has 2 N–H and O–H groups in total. The van der Waals surface area contributed by atoms with Crippen LogP contribution < -0.4 is 5.32 Å². The zero-order valence-electron chi connectivity index (χ0n) is 10.9. The summed E-state index contributed by atoms with van der Waals surface area (Å²) in [7, 11) is 0. The van der Waals surface area contributed by atoms with Crippen molar-refractivity contribution < 1.29 is 14.7 Å². The van der Waals surface area contributed by atoms with Gasteiger partial charge in [0.15, 0.2) is 0 Å². The molecular weight excluding hydrogens is 266 g/mol. The lowest BCUT2D eigenvalue weighted by molar-refractivity contribution is -0.137. The normalized spacial score (nSPS) is 11.9. The Morgan fingerprint density at radius 3 is 2.63 bits per heavy atom. The van der Waals surface area contributed by atoms with E-state index >= 15 is 0 Å². The molecule has 1 amide bonds. The molecule has 19 heavy (non-hydrogen) atoms. The average molecular weight is 284 g/mol. The van der Waals surface area contributed by atoms with Gasteiger partial charge in [0, 0.05) is 23.9 Å². The molecule has 0 saturated heterocycles. The van der Waals surface area contributed by atoms with Crippen molar-refractivity contribution in [3.63, 3.8) is 0 Å². The summed E-state index contributed by atoms with van der Waals surface area (Å²) < 4.78 is 0. The van der Waals surface area contributed by atoms with Gasteiger partial charge in [0.1, 0.15) is 0 Å². The number of aliphatic carboxylic acids is 1. The smallest absolute Gasteiger partial charge is 0.303 e. The Hall–Kier alpha value is -1.55. The predicted octanol–water partition coefficient (Wildman–Crippen LogP) is 2.64. The van der Waals surface area contributed by atoms with Gasteiger partial charge in [-0.05, 0) is 31.4 Å². The van der Waals surface area contributed by atoms with Crippen molar-refractivity contribution in [2.24, 2.45) is 0 Å². The fourth-order valence-corrected chi connectivity index (χ4v) is 2.00. The van der Waals surface area contributed by atoms with E-state index in [0.717, 1.165) is 5.56 Å². The Morgan fingerprint density at radius 1 is 1.32 bits per heavy atom. The van der Waals surface area contributed by atoms with Crippen molar-refractivity contribution in [3.8, 4) is 0 Å². The molecule has 0 bridgehead atoms. The molecule has 0 aliphatic heterocycles. The fraction of sp³-hybridized carbons (Fsp3) is 0.429. The molecule has 0 aliphatic rings. The summed E-state index contributed by atoms with van der Waals surface area (Å²) >= 11 is 6.05. The highest BCUT2D eigenvalue weighted by Gasteiger charge is 2.10. The number of carboxylic acids is 1. The number of rotatable bonds is 7. The van der Waals surface area contributed by atoms with E-state index in [9.17, 15) is 9.59 Å². The molecule has 0 spiro atoms. The predicted molar refractivity (Wildman–Crippen MR) is 74.2 cm³/mol. The Morgan fingerprint density at radius 2 is 2.00 bits per heavy atom. The quantitative estimate of drug-likeness (QED) is 0.808. The topological polar surface area (TPSA) is 66.4 Å². The molecule has 0 fully saturated rings. The maximum Gasteiger partial charge on any atom is 0.303 e. The second-order valence-electron chi connectivity index (χ2n) is 4.51. The van der Waals surface area contributed by atoms with Gasteiger partial charge in [-0.2, -0.15) is 0 Å². The van der Waals surface area contributed by atoms with Crippen LogP contribution in [0.2, 0.25) is 5.02 Å². The first-order chi connectivity index (χ1) is 8.99. The van der Waals surface area contributed by atoms with Gasteiger partial charge in [0.2, 0.25) is 5.91 Å². The van der Waals surface area contributed by atoms with Gasteiger partial charge in [0.25, 0.3) is 0 Å². The molecule has 0 aliphatic carbocycles. The number of carbonyl (C=O) groups excluding carboxylic acids is 1. The van der Waals surface area contributed by atoms with E-state index in [1.54, 1.807) is 0 Å². The van der Waals surface area contributed by atoms with Gasteiger partial charge in [-0.15, -0.1) is 0 Å². The molecular formula is C14H18ClNO3. The minimum absolute atomic E-state index is 0.0202. The first-order valence-corrected chi connectivity index (χ1v) is 6.61. The van der Waals surface area contributed by atoms with E-state index in [1.165, 1.54) is 0 Å². The van der Waals surface area contributed by atoms with Gasteiger partial charge in [-0.3, -0.25) is 9.59 Å². The maximum atomic E-state index is 11.6. The van der Waals surface area contributed by atoms with Gasteiger partial charge in [-0.1, -0.05) is 29.8 Å². The molecule has 1 aromatic rings. The Bertz CT molecular complexity index is 448. The van der Waals surface area contributed by atoms with Crippen LogP contribution in [0.1, 0.15) is 31.7 Å². The molecule has 5 heteroatoms. The minimum Gasteiger partial charge on any atom is -0.481 e. The lowest BCUT2D eigenvalue weighted by Crippen LogP contribution is -2.34. The van der Waals surface area contributed by atoms with E-state index in [4.69, 9.17) is 16.7 Å². The van der Waals surface area contributed by atoms with E-state index in [2.05, 4.69) is 5.32 Å². The van der Waals surface area contributed by atoms with Crippen molar-refractivity contribution in [2.45, 2.75) is 38.6 Å². The Kier molecular flexibility index (Phi) is 6.36. The number of hydrogen-bond acceptors (Lipinski definition) is 2. The zero-order valence-corrected chi connectivity index (χ0v) is 11.6. The number of carbonyl (C=O) groups is 2. The summed E-state index contributed by atoms with van der Waals surface area (Å²) in [6, 6.07) is 7.48. The molecule has 0 radical (unpaired) electrons. The van der Waals surface area contributed by atoms with Crippen LogP contribution in [-0.2, 0) is 16.0 Å². The van der Waals surface area contributed by atoms with Crippen LogP contribution in [0.15, 0.2) is 24.3 Å². The highest BCUT2D eigenvalue weighted by Crippen LogP contribution is 2.16. The summed E-state index contributed by atoms with van der Waals surface area (Å²) in [5.41, 5.74) is 0.988. The monoisotopic (exact) mass is 283 g/mol. The molecule has 1 aromatic carbocycles. The maximum absolute atomic E-state index is 11.6. The van der Waals surface area contributed by atoms with E-state index < -0.39 is 5.97 Å². The van der Waals surface area contributed by atoms with Crippen molar-refractivity contribution in [1.29, 1.82) is 0 Å². The lowest BCUT2D eigenvalue weighted by Gasteiger charge is -2.14. The molecule has 0 saturated carbocycles. The highest BCUT2D eigenvalue weighted by atomic mass is 35.5. The molecule has 104 valence electrons. The Balaban J connectivity index is 2.34. The summed E-state index contributed by atoms with van der Waals surface area (Å²) in [4.78, 5) is 21.9. The molecule has 0 aromatic heterocycles. The SMILES string of the molecule is CC(Cc1ccccc1Cl)NC(=O)CCCC(=O)O. The fourth-order valence-electron chi connectivity index (χ4n) is 1.79. The van der Waals surface area contributed by atoms with Crippen LogP contribution in [-0.4, -0.2) is 23.0 Å². The third-order valence-electron chi connectivity index (χ3n) is 2.69. The number of carboxylic acid groups (broad SMARTS) is 1. The number of hydrogen-bond donors (Lipinski definition) is 2. The van der Waals surface area contributed by atoms with Crippen LogP contribution in [0.25, 0.3) is 0 Å². The van der Waals surface area contributed by atoms with Crippen LogP contribution in [0.4, 0.5) is 0 Å². The van der Waals surface area contributed by atoms with Crippen LogP contribution in [0.3, 0.4) is 0 Å². The van der Waals surface area contributed by atoms with Crippen molar-refractivity contribution in [2.75, 3.05) is 0 Å². The van der Waals surface area contributed by atoms with Crippen molar-refractivity contribution in [1.82, 2.24) is 5.32 Å². The first kappa shape index (κ1) is 15.5. The van der Waals surface area contributed by atoms with Crippen LogP contribution in [0.5, 0.6) is 0 Å². The second kappa shape index (κ2) is 7.79. The first-order valence-electron chi connectivity index (χ1n) is 6.23. The molecule has 0 heterocycles. The molecule has 1 atom stereocenters. The van der Waals surface area contributed by atoms with Crippen LogP contribution in [0, 0.1) is 0 Å². The summed E-state index contributed by atoms with van der Waals surface area (Å²) in [5.74, 6) is -1.00. The van der Waals surface area contributed by atoms with E-state index in [1.807, 2.05) is 31.2 Å². The van der Waals surface area contributed by atoms with Gasteiger partial charge in [-0.25, -0.2) is 0 Å². The van der Waals surface area contributed by atoms with E-state index in [0.29, 0.717) is 17.9 Å². The molecule has 4 nitrogen and oxygen atoms in total. The minimum atomic E-state index is -0.878. The molecule has 1 unspecified atom stereocenters. The van der Waals surface area contributed by atoms with Crippen molar-refractivity contribution >= 4 is 23.5 Å². The van der Waals surface area contributed by atoms with Crippen molar-refractivity contribution in [3.05, 3.63) is 34.9 Å². The number of benzene rings is 1. The number of amides is 1. The number of nitrogens with one attached hydrogen (secondary N) is 1. The Labute approximate surface area is 117 Å². The summed E-state index contributed by atoms with van der Waals surface area (Å²) in [5, 5.41) is 12.0. The zero-order chi connectivity index (χ0) is 14.3. The largest absolute Gasteiger partial charge is 0.481 e. The highest BCUT2D eigenvalue weighted by molar-refractivity contribution is 6.31.